The van der Waals surface area contributed by atoms with E-state index in [0.717, 1.165) is 27.7 Å². The van der Waals surface area contributed by atoms with Gasteiger partial charge in [0, 0.05) is 23.0 Å². The maximum absolute atomic E-state index is 12.9. The molecule has 0 saturated heterocycles. The number of fused-ring (bicyclic) bond motifs is 1. The summed E-state index contributed by atoms with van der Waals surface area (Å²) in [5, 5.41) is 7.14. The van der Waals surface area contributed by atoms with Gasteiger partial charge >= 0.3 is 0 Å². The van der Waals surface area contributed by atoms with Crippen molar-refractivity contribution in [3.05, 3.63) is 83.3 Å². The normalized spacial score (nSPS) is 10.7. The predicted octanol–water partition coefficient (Wildman–Crippen LogP) is 4.95. The van der Waals surface area contributed by atoms with Crippen molar-refractivity contribution in [1.29, 1.82) is 0 Å². The number of carbonyl (C=O) groups is 1. The molecule has 2 heterocycles. The standard InChI is InChI=1S/C23H21N5O/c1-14-7-4-8-15(2)20(14)28-23-25-16(3)13-19(27-23)22(29)26-18-11-5-9-17-10-6-12-24-21(17)18/h4-13H,1-3H3,(H,26,29)(H,25,27,28). The van der Waals surface area contributed by atoms with E-state index in [-0.39, 0.29) is 5.91 Å². The number of aromatic nitrogens is 3. The van der Waals surface area contributed by atoms with E-state index < -0.39 is 0 Å². The van der Waals surface area contributed by atoms with Gasteiger partial charge in [-0.25, -0.2) is 9.97 Å². The zero-order chi connectivity index (χ0) is 20.4. The number of benzene rings is 2. The van der Waals surface area contributed by atoms with Crippen LogP contribution >= 0.6 is 0 Å². The maximum Gasteiger partial charge on any atom is 0.274 e. The van der Waals surface area contributed by atoms with Gasteiger partial charge in [-0.15, -0.1) is 0 Å². The van der Waals surface area contributed by atoms with Crippen LogP contribution in [0, 0.1) is 20.8 Å². The maximum atomic E-state index is 12.9. The summed E-state index contributed by atoms with van der Waals surface area (Å²) in [5.74, 6) is 0.0850. The molecule has 0 saturated carbocycles. The van der Waals surface area contributed by atoms with Crippen LogP contribution in [0.3, 0.4) is 0 Å². The lowest BCUT2D eigenvalue weighted by atomic mass is 10.1. The molecule has 4 rings (SSSR count). The van der Waals surface area contributed by atoms with E-state index in [1.54, 1.807) is 12.3 Å². The van der Waals surface area contributed by atoms with Crippen LogP contribution in [0.1, 0.15) is 27.3 Å². The summed E-state index contributed by atoms with van der Waals surface area (Å²) >= 11 is 0. The Hall–Kier alpha value is -3.80. The van der Waals surface area contributed by atoms with Gasteiger partial charge in [-0.2, -0.15) is 0 Å². The molecule has 0 atom stereocenters. The van der Waals surface area contributed by atoms with Crippen molar-refractivity contribution in [3.8, 4) is 0 Å². The Morgan fingerprint density at radius 3 is 2.41 bits per heavy atom. The number of anilines is 3. The molecule has 6 heteroatoms. The number of rotatable bonds is 4. The van der Waals surface area contributed by atoms with Crippen molar-refractivity contribution in [1.82, 2.24) is 15.0 Å². The lowest BCUT2D eigenvalue weighted by molar-refractivity contribution is 0.102. The SMILES string of the molecule is Cc1cc(C(=O)Nc2cccc3cccnc23)nc(Nc2c(C)cccc2C)n1. The minimum Gasteiger partial charge on any atom is -0.324 e. The molecule has 0 aliphatic rings. The summed E-state index contributed by atoms with van der Waals surface area (Å²) in [5.41, 5.74) is 5.50. The smallest absolute Gasteiger partial charge is 0.274 e. The topological polar surface area (TPSA) is 79.8 Å². The van der Waals surface area contributed by atoms with E-state index in [4.69, 9.17) is 0 Å². The van der Waals surface area contributed by atoms with Gasteiger partial charge in [0.25, 0.3) is 5.91 Å². The molecule has 2 N–H and O–H groups in total. The Morgan fingerprint density at radius 2 is 1.62 bits per heavy atom. The first kappa shape index (κ1) is 18.6. The highest BCUT2D eigenvalue weighted by Gasteiger charge is 2.14. The summed E-state index contributed by atoms with van der Waals surface area (Å²) in [6, 6.07) is 17.2. The number of nitrogens with one attached hydrogen (secondary N) is 2. The van der Waals surface area contributed by atoms with Crippen LogP contribution in [-0.2, 0) is 0 Å². The van der Waals surface area contributed by atoms with Crippen LogP contribution in [0.4, 0.5) is 17.3 Å². The average Bonchev–Trinajstić information content (AvgIpc) is 2.71. The van der Waals surface area contributed by atoms with Gasteiger partial charge in [0.1, 0.15) is 5.69 Å². The van der Waals surface area contributed by atoms with Crippen molar-refractivity contribution in [2.45, 2.75) is 20.8 Å². The number of para-hydroxylation sites is 2. The Bertz CT molecular complexity index is 1190. The molecule has 144 valence electrons. The van der Waals surface area contributed by atoms with Crippen molar-refractivity contribution >= 4 is 34.1 Å². The summed E-state index contributed by atoms with van der Waals surface area (Å²) in [7, 11) is 0. The Labute approximate surface area is 169 Å². The summed E-state index contributed by atoms with van der Waals surface area (Å²) in [6.07, 6.45) is 1.71. The first-order chi connectivity index (χ1) is 14.0. The first-order valence-electron chi connectivity index (χ1n) is 9.35. The van der Waals surface area contributed by atoms with Crippen LogP contribution in [0.2, 0.25) is 0 Å². The number of carbonyl (C=O) groups excluding carboxylic acids is 1. The summed E-state index contributed by atoms with van der Waals surface area (Å²) < 4.78 is 0. The molecule has 0 fully saturated rings. The molecule has 0 bridgehead atoms. The molecule has 29 heavy (non-hydrogen) atoms. The predicted molar refractivity (Wildman–Crippen MR) is 116 cm³/mol. The molecule has 2 aromatic carbocycles. The minimum atomic E-state index is -0.307. The first-order valence-corrected chi connectivity index (χ1v) is 9.35. The zero-order valence-electron chi connectivity index (χ0n) is 16.5. The van der Waals surface area contributed by atoms with Crippen molar-refractivity contribution in [2.24, 2.45) is 0 Å². The van der Waals surface area contributed by atoms with Gasteiger partial charge in [0.05, 0.1) is 11.2 Å². The highest BCUT2D eigenvalue weighted by atomic mass is 16.1. The molecule has 1 amide bonds. The van der Waals surface area contributed by atoms with Crippen LogP contribution in [0.15, 0.2) is 60.8 Å². The second-order valence-corrected chi connectivity index (χ2v) is 6.94. The molecule has 6 nitrogen and oxygen atoms in total. The Morgan fingerprint density at radius 1 is 0.897 bits per heavy atom. The third-order valence-electron chi connectivity index (χ3n) is 4.69. The van der Waals surface area contributed by atoms with Crippen LogP contribution in [0.5, 0.6) is 0 Å². The molecule has 0 aliphatic carbocycles. The number of nitrogens with zero attached hydrogens (tertiary/aromatic N) is 3. The van der Waals surface area contributed by atoms with Crippen LogP contribution in [0.25, 0.3) is 10.9 Å². The molecule has 2 aromatic heterocycles. The van der Waals surface area contributed by atoms with Crippen molar-refractivity contribution < 1.29 is 4.79 Å². The van der Waals surface area contributed by atoms with Gasteiger partial charge in [0.15, 0.2) is 0 Å². The second kappa shape index (κ2) is 7.67. The summed E-state index contributed by atoms with van der Waals surface area (Å²) in [4.78, 5) is 26.1. The molecule has 0 aliphatic heterocycles. The minimum absolute atomic E-state index is 0.291. The number of amides is 1. The molecule has 4 aromatic rings. The molecule has 0 radical (unpaired) electrons. The fourth-order valence-corrected chi connectivity index (χ4v) is 3.26. The van der Waals surface area contributed by atoms with Crippen molar-refractivity contribution in [3.63, 3.8) is 0 Å². The van der Waals surface area contributed by atoms with E-state index in [2.05, 4.69) is 25.6 Å². The third kappa shape index (κ3) is 3.91. The zero-order valence-corrected chi connectivity index (χ0v) is 16.5. The lowest BCUT2D eigenvalue weighted by Crippen LogP contribution is -2.16. The Kier molecular flexibility index (Phi) is 4.91. The molecule has 0 spiro atoms. The van der Waals surface area contributed by atoms with E-state index in [9.17, 15) is 4.79 Å². The second-order valence-electron chi connectivity index (χ2n) is 6.94. The van der Waals surface area contributed by atoms with Gasteiger partial charge in [0.2, 0.25) is 5.95 Å². The van der Waals surface area contributed by atoms with E-state index >= 15 is 0 Å². The summed E-state index contributed by atoms with van der Waals surface area (Å²) in [6.45, 7) is 5.88. The fraction of sp³-hybridized carbons (Fsp3) is 0.130. The van der Waals surface area contributed by atoms with Gasteiger partial charge in [-0.1, -0.05) is 36.4 Å². The highest BCUT2D eigenvalue weighted by molar-refractivity contribution is 6.07. The van der Waals surface area contributed by atoms with E-state index in [1.807, 2.05) is 69.3 Å². The Balaban J connectivity index is 1.64. The largest absolute Gasteiger partial charge is 0.324 e. The molecular formula is C23H21N5O. The van der Waals surface area contributed by atoms with E-state index in [1.165, 1.54) is 0 Å². The number of aryl methyl sites for hydroxylation is 3. The average molecular weight is 383 g/mol. The van der Waals surface area contributed by atoms with Crippen molar-refractivity contribution in [2.75, 3.05) is 10.6 Å². The number of pyridine rings is 1. The fourth-order valence-electron chi connectivity index (χ4n) is 3.26. The third-order valence-corrected chi connectivity index (χ3v) is 4.69. The van der Waals surface area contributed by atoms with E-state index in [0.29, 0.717) is 23.0 Å². The van der Waals surface area contributed by atoms with Gasteiger partial charge in [-0.3, -0.25) is 9.78 Å². The highest BCUT2D eigenvalue weighted by Crippen LogP contribution is 2.24. The molecule has 0 unspecified atom stereocenters. The quantitative estimate of drug-likeness (QED) is 0.521. The molecular weight excluding hydrogens is 362 g/mol. The van der Waals surface area contributed by atoms with Crippen LogP contribution in [-0.4, -0.2) is 20.9 Å². The van der Waals surface area contributed by atoms with Gasteiger partial charge < -0.3 is 10.6 Å². The monoisotopic (exact) mass is 383 g/mol. The lowest BCUT2D eigenvalue weighted by Gasteiger charge is -2.13. The van der Waals surface area contributed by atoms with Gasteiger partial charge in [-0.05, 0) is 50.1 Å². The number of hydrogen-bond donors (Lipinski definition) is 2. The number of hydrogen-bond acceptors (Lipinski definition) is 5. The van der Waals surface area contributed by atoms with Crippen LogP contribution < -0.4 is 10.6 Å².